The maximum Gasteiger partial charge on any atom is 0.222 e. The van der Waals surface area contributed by atoms with Crippen molar-refractivity contribution in [2.24, 2.45) is 0 Å². The van der Waals surface area contributed by atoms with Crippen molar-refractivity contribution in [2.45, 2.75) is 44.6 Å². The quantitative estimate of drug-likeness (QED) is 0.887. The van der Waals surface area contributed by atoms with Crippen molar-refractivity contribution in [1.29, 1.82) is 0 Å². The molecular formula is C19H24N4O. The molecule has 0 spiro atoms. The molecule has 4 rings (SSSR count). The first-order chi connectivity index (χ1) is 11.6. The van der Waals surface area contributed by atoms with Gasteiger partial charge in [0.25, 0.3) is 0 Å². The van der Waals surface area contributed by atoms with Crippen LogP contribution in [0, 0.1) is 6.92 Å². The summed E-state index contributed by atoms with van der Waals surface area (Å²) < 4.78 is 0. The molecule has 5 heteroatoms. The number of nitrogen functional groups attached to an aromatic ring is 1. The van der Waals surface area contributed by atoms with Gasteiger partial charge in [0.05, 0.1) is 12.2 Å². The molecule has 126 valence electrons. The number of β-amino-alcohol motifs (C(OH)–C–C–N with tert-alkyl or cyclic N) is 1. The fraction of sp³-hybridized carbons (Fsp3) is 0.474. The number of nitrogens with zero attached hydrogens (tertiary/aromatic N) is 3. The number of benzene rings is 1. The molecule has 2 heterocycles. The lowest BCUT2D eigenvalue weighted by molar-refractivity contribution is 0.0600. The number of hydrogen-bond acceptors (Lipinski definition) is 5. The minimum absolute atomic E-state index is 0.344. The molecule has 1 aliphatic carbocycles. The van der Waals surface area contributed by atoms with Crippen LogP contribution in [0.1, 0.15) is 41.6 Å². The second-order valence-electron chi connectivity index (χ2n) is 7.06. The first-order valence-electron chi connectivity index (χ1n) is 8.75. The Morgan fingerprint density at radius 3 is 2.79 bits per heavy atom. The Bertz CT molecular complexity index is 776. The Morgan fingerprint density at radius 1 is 1.17 bits per heavy atom. The number of nitrogens with two attached hydrogens (primary N) is 1. The Labute approximate surface area is 142 Å². The zero-order valence-electron chi connectivity index (χ0n) is 14.1. The van der Waals surface area contributed by atoms with E-state index < -0.39 is 5.60 Å². The van der Waals surface area contributed by atoms with Crippen molar-refractivity contribution in [1.82, 2.24) is 9.97 Å². The van der Waals surface area contributed by atoms with Crippen LogP contribution in [0.25, 0.3) is 0 Å². The molecule has 5 nitrogen and oxygen atoms in total. The molecule has 0 amide bonds. The second kappa shape index (κ2) is 5.74. The lowest BCUT2D eigenvalue weighted by atomic mass is 9.89. The van der Waals surface area contributed by atoms with Gasteiger partial charge in [-0.05, 0) is 50.2 Å². The first-order valence-corrected chi connectivity index (χ1v) is 8.75. The highest BCUT2D eigenvalue weighted by molar-refractivity contribution is 5.54. The largest absolute Gasteiger partial charge is 0.383 e. The van der Waals surface area contributed by atoms with E-state index in [4.69, 9.17) is 5.73 Å². The Balaban J connectivity index is 1.68. The average molecular weight is 324 g/mol. The van der Waals surface area contributed by atoms with Crippen molar-refractivity contribution in [2.75, 3.05) is 23.7 Å². The van der Waals surface area contributed by atoms with Gasteiger partial charge in [-0.3, -0.25) is 0 Å². The van der Waals surface area contributed by atoms with Gasteiger partial charge in [0.15, 0.2) is 0 Å². The third-order valence-electron chi connectivity index (χ3n) is 5.37. The van der Waals surface area contributed by atoms with Gasteiger partial charge in [-0.25, -0.2) is 4.98 Å². The van der Waals surface area contributed by atoms with E-state index in [0.29, 0.717) is 18.9 Å². The summed E-state index contributed by atoms with van der Waals surface area (Å²) in [7, 11) is 0. The fourth-order valence-electron chi connectivity index (χ4n) is 4.14. The zero-order valence-corrected chi connectivity index (χ0v) is 14.1. The smallest absolute Gasteiger partial charge is 0.222 e. The minimum atomic E-state index is -0.827. The summed E-state index contributed by atoms with van der Waals surface area (Å²) in [6.45, 7) is 3.40. The number of aromatic nitrogens is 2. The van der Waals surface area contributed by atoms with Gasteiger partial charge in [0.1, 0.15) is 11.4 Å². The van der Waals surface area contributed by atoms with Gasteiger partial charge in [0, 0.05) is 12.1 Å². The van der Waals surface area contributed by atoms with E-state index in [-0.39, 0.29) is 0 Å². The molecular weight excluding hydrogens is 300 g/mol. The van der Waals surface area contributed by atoms with Crippen LogP contribution in [0.2, 0.25) is 0 Å². The predicted molar refractivity (Wildman–Crippen MR) is 95.0 cm³/mol. The summed E-state index contributed by atoms with van der Waals surface area (Å²) in [4.78, 5) is 11.2. The number of aryl methyl sites for hydroxylation is 2. The predicted octanol–water partition coefficient (Wildman–Crippen LogP) is 2.34. The van der Waals surface area contributed by atoms with Crippen molar-refractivity contribution in [3.63, 3.8) is 0 Å². The number of fused-ring (bicyclic) bond motifs is 1. The van der Waals surface area contributed by atoms with Crippen molar-refractivity contribution in [3.8, 4) is 0 Å². The molecule has 2 aliphatic rings. The lowest BCUT2D eigenvalue weighted by Gasteiger charge is -2.28. The maximum atomic E-state index is 11.2. The van der Waals surface area contributed by atoms with Crippen LogP contribution in [0.3, 0.4) is 0 Å². The molecule has 0 bridgehead atoms. The average Bonchev–Trinajstić information content (AvgIpc) is 2.97. The Hall–Kier alpha value is -2.14. The number of hydrogen-bond donors (Lipinski definition) is 2. The number of anilines is 2. The van der Waals surface area contributed by atoms with Crippen LogP contribution in [-0.4, -0.2) is 28.2 Å². The van der Waals surface area contributed by atoms with E-state index in [1.165, 1.54) is 12.0 Å². The Morgan fingerprint density at radius 2 is 1.96 bits per heavy atom. The summed E-state index contributed by atoms with van der Waals surface area (Å²) in [5.74, 6) is 1.28. The highest BCUT2D eigenvalue weighted by atomic mass is 16.3. The zero-order chi connectivity index (χ0) is 16.7. The standard InChI is InChI=1S/C19H24N4O/c1-13-6-2-4-8-15(13)19(24)10-11-23(12-19)17-14-7-3-5-9-16(14)21-18(20)22-17/h2,4,6,8,24H,3,5,7,9-12H2,1H3,(H2,20,21,22). The third kappa shape index (κ3) is 2.53. The van der Waals surface area contributed by atoms with Gasteiger partial charge in [-0.2, -0.15) is 4.98 Å². The second-order valence-corrected chi connectivity index (χ2v) is 7.06. The molecule has 1 unspecified atom stereocenters. The van der Waals surface area contributed by atoms with Gasteiger partial charge < -0.3 is 15.7 Å². The van der Waals surface area contributed by atoms with E-state index >= 15 is 0 Å². The highest BCUT2D eigenvalue weighted by Gasteiger charge is 2.40. The van der Waals surface area contributed by atoms with Gasteiger partial charge in [-0.1, -0.05) is 24.3 Å². The van der Waals surface area contributed by atoms with Crippen molar-refractivity contribution < 1.29 is 5.11 Å². The summed E-state index contributed by atoms with van der Waals surface area (Å²) >= 11 is 0. The van der Waals surface area contributed by atoms with Crippen LogP contribution < -0.4 is 10.6 Å². The molecule has 0 saturated carbocycles. The summed E-state index contributed by atoms with van der Waals surface area (Å²) in [6.07, 6.45) is 5.02. The van der Waals surface area contributed by atoms with Gasteiger partial charge in [0.2, 0.25) is 5.95 Å². The van der Waals surface area contributed by atoms with Crippen LogP contribution in [-0.2, 0) is 18.4 Å². The van der Waals surface area contributed by atoms with Crippen LogP contribution >= 0.6 is 0 Å². The minimum Gasteiger partial charge on any atom is -0.383 e. The van der Waals surface area contributed by atoms with Gasteiger partial charge >= 0.3 is 0 Å². The topological polar surface area (TPSA) is 75.3 Å². The molecule has 1 atom stereocenters. The summed E-state index contributed by atoms with van der Waals surface area (Å²) in [6, 6.07) is 8.09. The summed E-state index contributed by atoms with van der Waals surface area (Å²) in [5, 5.41) is 11.2. The molecule has 2 aromatic rings. The third-order valence-corrected chi connectivity index (χ3v) is 5.37. The maximum absolute atomic E-state index is 11.2. The van der Waals surface area contributed by atoms with Crippen LogP contribution in [0.5, 0.6) is 0 Å². The van der Waals surface area contributed by atoms with Crippen molar-refractivity contribution in [3.05, 3.63) is 46.6 Å². The van der Waals surface area contributed by atoms with Crippen LogP contribution in [0.15, 0.2) is 24.3 Å². The SMILES string of the molecule is Cc1ccccc1C1(O)CCN(c2nc(N)nc3c2CCCC3)C1. The van der Waals surface area contributed by atoms with E-state index in [1.54, 1.807) is 0 Å². The van der Waals surface area contributed by atoms with E-state index in [2.05, 4.69) is 27.9 Å². The molecule has 24 heavy (non-hydrogen) atoms. The molecule has 1 aliphatic heterocycles. The van der Waals surface area contributed by atoms with Gasteiger partial charge in [-0.15, -0.1) is 0 Å². The number of rotatable bonds is 2. The first kappa shape index (κ1) is 15.4. The lowest BCUT2D eigenvalue weighted by Crippen LogP contribution is -2.32. The van der Waals surface area contributed by atoms with E-state index in [0.717, 1.165) is 48.4 Å². The molecule has 1 fully saturated rings. The Kier molecular flexibility index (Phi) is 3.68. The molecule has 1 saturated heterocycles. The van der Waals surface area contributed by atoms with E-state index in [9.17, 15) is 5.11 Å². The molecule has 1 aromatic heterocycles. The van der Waals surface area contributed by atoms with Crippen LogP contribution in [0.4, 0.5) is 11.8 Å². The molecule has 3 N–H and O–H groups in total. The number of aliphatic hydroxyl groups is 1. The summed E-state index contributed by atoms with van der Waals surface area (Å²) in [5.41, 5.74) is 9.58. The van der Waals surface area contributed by atoms with E-state index in [1.807, 2.05) is 18.2 Å². The monoisotopic (exact) mass is 324 g/mol. The highest BCUT2D eigenvalue weighted by Crippen LogP contribution is 2.38. The molecule has 0 radical (unpaired) electrons. The molecule has 1 aromatic carbocycles. The fourth-order valence-corrected chi connectivity index (χ4v) is 4.14. The van der Waals surface area contributed by atoms with Crippen molar-refractivity contribution >= 4 is 11.8 Å². The normalized spacial score (nSPS) is 23.3.